The van der Waals surface area contributed by atoms with Crippen LogP contribution in [0, 0.1) is 0 Å². The molecule has 0 heterocycles. The number of hydrogen-bond acceptors (Lipinski definition) is 4. The molecule has 0 aliphatic heterocycles. The Balaban J connectivity index is 0. The van der Waals surface area contributed by atoms with Crippen LogP contribution in [0.4, 0.5) is 0 Å². The van der Waals surface area contributed by atoms with Gasteiger partial charge < -0.3 is 9.47 Å². The van der Waals surface area contributed by atoms with Crippen molar-refractivity contribution in [2.24, 2.45) is 0 Å². The maximum atomic E-state index is 9.96. The highest BCUT2D eigenvalue weighted by Gasteiger charge is 1.87. The van der Waals surface area contributed by atoms with Gasteiger partial charge in [-0.15, -0.1) is 0 Å². The van der Waals surface area contributed by atoms with Crippen LogP contribution in [0.1, 0.15) is 20.3 Å². The summed E-state index contributed by atoms with van der Waals surface area (Å²) < 4.78 is 8.41. The van der Waals surface area contributed by atoms with E-state index in [-0.39, 0.29) is 5.97 Å². The standard InChI is InChI=1S/C4H8O2.C3H6O2/c1-3-4(5)6-2;1-2-5-3-4/h3H2,1-2H3;3H,2H2,1H3. The number of carbonyl (C=O) groups excluding carboxylic acids is 2. The topological polar surface area (TPSA) is 52.6 Å². The van der Waals surface area contributed by atoms with E-state index < -0.39 is 0 Å². The summed E-state index contributed by atoms with van der Waals surface area (Å²) in [6.07, 6.45) is 0.469. The van der Waals surface area contributed by atoms with Gasteiger partial charge in [0.2, 0.25) is 0 Å². The monoisotopic (exact) mass is 162 g/mol. The van der Waals surface area contributed by atoms with Crippen LogP contribution in [0.3, 0.4) is 0 Å². The van der Waals surface area contributed by atoms with Crippen LogP contribution in [-0.2, 0) is 19.1 Å². The Labute approximate surface area is 66.5 Å². The fourth-order valence-corrected chi connectivity index (χ4v) is 0.212. The van der Waals surface area contributed by atoms with Crippen molar-refractivity contribution in [3.05, 3.63) is 0 Å². The highest BCUT2D eigenvalue weighted by Crippen LogP contribution is 1.76. The molecule has 0 atom stereocenters. The lowest BCUT2D eigenvalue weighted by molar-refractivity contribution is -0.140. The Morgan fingerprint density at radius 1 is 1.45 bits per heavy atom. The molecule has 0 unspecified atom stereocenters. The van der Waals surface area contributed by atoms with Crippen molar-refractivity contribution >= 4 is 12.4 Å². The van der Waals surface area contributed by atoms with Gasteiger partial charge >= 0.3 is 5.97 Å². The summed E-state index contributed by atoms with van der Waals surface area (Å²) in [4.78, 5) is 19.1. The molecule has 0 rings (SSSR count). The third kappa shape index (κ3) is 17.6. The summed E-state index contributed by atoms with van der Waals surface area (Å²) in [7, 11) is 1.38. The highest BCUT2D eigenvalue weighted by molar-refractivity contribution is 5.68. The van der Waals surface area contributed by atoms with Gasteiger partial charge in [0, 0.05) is 6.42 Å². The minimum absolute atomic E-state index is 0.157. The molecule has 0 aliphatic rings. The van der Waals surface area contributed by atoms with Gasteiger partial charge in [-0.1, -0.05) is 6.92 Å². The number of methoxy groups -OCH3 is 1. The first kappa shape index (κ1) is 12.6. The van der Waals surface area contributed by atoms with Gasteiger partial charge in [0.15, 0.2) is 0 Å². The molecule has 0 spiro atoms. The zero-order chi connectivity index (χ0) is 9.11. The third-order valence-electron chi connectivity index (χ3n) is 0.751. The Morgan fingerprint density at radius 2 is 2.00 bits per heavy atom. The number of hydrogen-bond donors (Lipinski definition) is 0. The van der Waals surface area contributed by atoms with Crippen molar-refractivity contribution in [2.45, 2.75) is 20.3 Å². The summed E-state index contributed by atoms with van der Waals surface area (Å²) in [5.74, 6) is -0.157. The average Bonchev–Trinajstić information content (AvgIpc) is 2.06. The number of esters is 1. The normalized spacial score (nSPS) is 7.18. The Morgan fingerprint density at radius 3 is 2.00 bits per heavy atom. The summed E-state index contributed by atoms with van der Waals surface area (Å²) >= 11 is 0. The molecular weight excluding hydrogens is 148 g/mol. The van der Waals surface area contributed by atoms with E-state index in [4.69, 9.17) is 0 Å². The predicted molar refractivity (Wildman–Crippen MR) is 40.0 cm³/mol. The van der Waals surface area contributed by atoms with Crippen LogP contribution >= 0.6 is 0 Å². The van der Waals surface area contributed by atoms with E-state index >= 15 is 0 Å². The van der Waals surface area contributed by atoms with E-state index in [2.05, 4.69) is 9.47 Å². The summed E-state index contributed by atoms with van der Waals surface area (Å²) in [5, 5.41) is 0. The maximum Gasteiger partial charge on any atom is 0.305 e. The first-order chi connectivity index (χ1) is 5.22. The zero-order valence-corrected chi connectivity index (χ0v) is 7.12. The van der Waals surface area contributed by atoms with E-state index in [1.54, 1.807) is 13.8 Å². The molecule has 0 saturated carbocycles. The van der Waals surface area contributed by atoms with Crippen molar-refractivity contribution in [3.63, 3.8) is 0 Å². The fourth-order valence-electron chi connectivity index (χ4n) is 0.212. The molecule has 0 aromatic rings. The van der Waals surface area contributed by atoms with E-state index in [1.807, 2.05) is 0 Å². The van der Waals surface area contributed by atoms with Crippen molar-refractivity contribution in [1.82, 2.24) is 0 Å². The molecule has 0 saturated heterocycles. The smallest absolute Gasteiger partial charge is 0.305 e. The molecule has 0 aliphatic carbocycles. The zero-order valence-electron chi connectivity index (χ0n) is 7.12. The number of ether oxygens (including phenoxy) is 2. The second kappa shape index (κ2) is 11.7. The van der Waals surface area contributed by atoms with E-state index in [1.165, 1.54) is 7.11 Å². The molecule has 0 amide bonds. The highest BCUT2D eigenvalue weighted by atomic mass is 16.5. The fraction of sp³-hybridized carbons (Fsp3) is 0.714. The first-order valence-corrected chi connectivity index (χ1v) is 3.34. The van der Waals surface area contributed by atoms with Gasteiger partial charge in [0.1, 0.15) is 0 Å². The van der Waals surface area contributed by atoms with Gasteiger partial charge in [-0.05, 0) is 6.92 Å². The quantitative estimate of drug-likeness (QED) is 0.454. The van der Waals surface area contributed by atoms with Crippen molar-refractivity contribution < 1.29 is 19.1 Å². The largest absolute Gasteiger partial charge is 0.469 e. The lowest BCUT2D eigenvalue weighted by atomic mass is 10.5. The first-order valence-electron chi connectivity index (χ1n) is 3.34. The molecule has 0 radical (unpaired) electrons. The van der Waals surface area contributed by atoms with Gasteiger partial charge in [-0.25, -0.2) is 0 Å². The lowest BCUT2D eigenvalue weighted by Crippen LogP contribution is -1.94. The molecule has 0 fully saturated rings. The second-order valence-corrected chi connectivity index (χ2v) is 1.48. The molecule has 4 heteroatoms. The van der Waals surface area contributed by atoms with Crippen LogP contribution in [0.2, 0.25) is 0 Å². The van der Waals surface area contributed by atoms with Gasteiger partial charge in [0.25, 0.3) is 6.47 Å². The van der Waals surface area contributed by atoms with Crippen molar-refractivity contribution in [3.8, 4) is 0 Å². The van der Waals surface area contributed by atoms with Crippen LogP contribution in [-0.4, -0.2) is 26.2 Å². The molecule has 0 N–H and O–H groups in total. The summed E-state index contributed by atoms with van der Waals surface area (Å²) in [6, 6.07) is 0. The average molecular weight is 162 g/mol. The molecule has 11 heavy (non-hydrogen) atoms. The summed E-state index contributed by atoms with van der Waals surface area (Å²) in [5.41, 5.74) is 0. The van der Waals surface area contributed by atoms with Crippen LogP contribution in [0.15, 0.2) is 0 Å². The van der Waals surface area contributed by atoms with Gasteiger partial charge in [-0.3, -0.25) is 9.59 Å². The summed E-state index contributed by atoms with van der Waals surface area (Å²) in [6.45, 7) is 4.42. The van der Waals surface area contributed by atoms with Crippen LogP contribution in [0.25, 0.3) is 0 Å². The number of rotatable bonds is 3. The minimum Gasteiger partial charge on any atom is -0.469 e. The van der Waals surface area contributed by atoms with Crippen LogP contribution in [0.5, 0.6) is 0 Å². The van der Waals surface area contributed by atoms with E-state index in [0.717, 1.165) is 0 Å². The van der Waals surface area contributed by atoms with E-state index in [9.17, 15) is 9.59 Å². The lowest BCUT2D eigenvalue weighted by Gasteiger charge is -1.87. The number of carbonyl (C=O) groups is 2. The Hall–Kier alpha value is -1.06. The molecule has 66 valence electrons. The molecule has 0 aromatic heterocycles. The Bertz CT molecular complexity index is 94.6. The van der Waals surface area contributed by atoms with E-state index in [0.29, 0.717) is 19.5 Å². The van der Waals surface area contributed by atoms with Gasteiger partial charge in [0.05, 0.1) is 13.7 Å². The predicted octanol–water partition coefficient (Wildman–Crippen LogP) is 0.749. The van der Waals surface area contributed by atoms with Crippen molar-refractivity contribution in [2.75, 3.05) is 13.7 Å². The molecule has 4 nitrogen and oxygen atoms in total. The van der Waals surface area contributed by atoms with Crippen molar-refractivity contribution in [1.29, 1.82) is 0 Å². The minimum atomic E-state index is -0.157. The SMILES string of the molecule is CCC(=O)OC.CCOC=O. The molecule has 0 aromatic carbocycles. The molecule has 0 bridgehead atoms. The Kier molecular flexibility index (Phi) is 13.4. The van der Waals surface area contributed by atoms with Gasteiger partial charge in [-0.2, -0.15) is 0 Å². The van der Waals surface area contributed by atoms with Crippen LogP contribution < -0.4 is 0 Å². The third-order valence-corrected chi connectivity index (χ3v) is 0.751. The molecular formula is C7H14O4. The second-order valence-electron chi connectivity index (χ2n) is 1.48. The maximum absolute atomic E-state index is 9.96.